The molecule has 0 N–H and O–H groups in total. The van der Waals surface area contributed by atoms with Crippen LogP contribution < -0.4 is 0 Å². The Labute approximate surface area is 171 Å². The van der Waals surface area contributed by atoms with Gasteiger partial charge in [0.2, 0.25) is 5.91 Å². The summed E-state index contributed by atoms with van der Waals surface area (Å²) in [5.41, 5.74) is 1.81. The van der Waals surface area contributed by atoms with Gasteiger partial charge in [0.1, 0.15) is 10.8 Å². The number of nitrogens with zero attached hydrogens (tertiary/aromatic N) is 3. The number of benzene rings is 1. The minimum Gasteiger partial charge on any atom is -0.337 e. The van der Waals surface area contributed by atoms with Crippen LogP contribution in [0.2, 0.25) is 0 Å². The van der Waals surface area contributed by atoms with Crippen LogP contribution in [0.15, 0.2) is 53.2 Å². The lowest BCUT2D eigenvalue weighted by Crippen LogP contribution is -2.47. The van der Waals surface area contributed by atoms with Crippen molar-refractivity contribution in [3.05, 3.63) is 68.9 Å². The molecule has 0 radical (unpaired) electrons. The standard InChI is InChI=1S/C21H20FN3OS2/c22-17-5-3-16(4-6-17)19-15-28-20(23-19)14-24-9-11-25(12-10-24)21(26)8-7-18-2-1-13-27-18/h1-8,13,15H,9-12,14H2/b8-7+. The number of carbonyl (C=O) groups excluding carboxylic acids is 1. The summed E-state index contributed by atoms with van der Waals surface area (Å²) in [5.74, 6) is -0.169. The number of amides is 1. The van der Waals surface area contributed by atoms with E-state index in [1.54, 1.807) is 40.9 Å². The van der Waals surface area contributed by atoms with Gasteiger partial charge in [0.05, 0.1) is 12.2 Å². The number of aromatic nitrogens is 1. The van der Waals surface area contributed by atoms with Crippen LogP contribution in [0, 0.1) is 5.82 Å². The topological polar surface area (TPSA) is 36.4 Å². The highest BCUT2D eigenvalue weighted by molar-refractivity contribution is 7.10. The van der Waals surface area contributed by atoms with Crippen molar-refractivity contribution in [2.75, 3.05) is 26.2 Å². The van der Waals surface area contributed by atoms with Crippen LogP contribution in [-0.4, -0.2) is 46.9 Å². The Kier molecular flexibility index (Phi) is 5.95. The molecule has 4 rings (SSSR count). The van der Waals surface area contributed by atoms with E-state index in [9.17, 15) is 9.18 Å². The number of piperazine rings is 1. The first-order chi connectivity index (χ1) is 13.7. The summed E-state index contributed by atoms with van der Waals surface area (Å²) in [5, 5.41) is 5.05. The Morgan fingerprint density at radius 2 is 1.89 bits per heavy atom. The maximum Gasteiger partial charge on any atom is 0.246 e. The first kappa shape index (κ1) is 19.0. The van der Waals surface area contributed by atoms with Crippen LogP contribution in [0.1, 0.15) is 9.88 Å². The van der Waals surface area contributed by atoms with Crippen LogP contribution in [0.3, 0.4) is 0 Å². The molecule has 3 heterocycles. The summed E-state index contributed by atoms with van der Waals surface area (Å²) in [4.78, 5) is 22.3. The monoisotopic (exact) mass is 413 g/mol. The molecule has 7 heteroatoms. The summed E-state index contributed by atoms with van der Waals surface area (Å²) >= 11 is 3.24. The first-order valence-electron chi connectivity index (χ1n) is 9.10. The van der Waals surface area contributed by atoms with Gasteiger partial charge in [0.25, 0.3) is 0 Å². The van der Waals surface area contributed by atoms with E-state index in [4.69, 9.17) is 0 Å². The third kappa shape index (κ3) is 4.73. The molecule has 144 valence electrons. The second-order valence-electron chi connectivity index (χ2n) is 6.58. The molecule has 4 nitrogen and oxygen atoms in total. The molecule has 1 aliphatic heterocycles. The van der Waals surface area contributed by atoms with Gasteiger partial charge >= 0.3 is 0 Å². The molecule has 0 spiro atoms. The van der Waals surface area contributed by atoms with Gasteiger partial charge in [0.15, 0.2) is 0 Å². The van der Waals surface area contributed by atoms with Crippen LogP contribution >= 0.6 is 22.7 Å². The number of rotatable bonds is 5. The molecule has 1 fully saturated rings. The number of thiophene rings is 1. The predicted octanol–water partition coefficient (Wildman–Crippen LogP) is 4.37. The summed E-state index contributed by atoms with van der Waals surface area (Å²) in [6.07, 6.45) is 3.54. The zero-order chi connectivity index (χ0) is 19.3. The van der Waals surface area contributed by atoms with E-state index >= 15 is 0 Å². The lowest BCUT2D eigenvalue weighted by Gasteiger charge is -2.33. The Bertz CT molecular complexity index is 942. The number of thiazole rings is 1. The highest BCUT2D eigenvalue weighted by Gasteiger charge is 2.20. The third-order valence-electron chi connectivity index (χ3n) is 4.67. The molecule has 0 aliphatic carbocycles. The van der Waals surface area contributed by atoms with Crippen molar-refractivity contribution in [2.45, 2.75) is 6.54 Å². The fourth-order valence-electron chi connectivity index (χ4n) is 3.10. The maximum atomic E-state index is 13.1. The Morgan fingerprint density at radius 3 is 2.61 bits per heavy atom. The van der Waals surface area contributed by atoms with Crippen LogP contribution in [-0.2, 0) is 11.3 Å². The lowest BCUT2D eigenvalue weighted by atomic mass is 10.2. The SMILES string of the molecule is O=C(/C=C/c1cccs1)N1CCN(Cc2nc(-c3ccc(F)cc3)cs2)CC1. The molecule has 1 saturated heterocycles. The zero-order valence-electron chi connectivity index (χ0n) is 15.3. The summed E-state index contributed by atoms with van der Waals surface area (Å²) in [6.45, 7) is 3.90. The van der Waals surface area contributed by atoms with E-state index in [1.807, 2.05) is 33.9 Å². The zero-order valence-corrected chi connectivity index (χ0v) is 16.9. The lowest BCUT2D eigenvalue weighted by molar-refractivity contribution is -0.127. The molecule has 0 atom stereocenters. The van der Waals surface area contributed by atoms with Crippen LogP contribution in [0.25, 0.3) is 17.3 Å². The summed E-state index contributed by atoms with van der Waals surface area (Å²) < 4.78 is 13.1. The van der Waals surface area contributed by atoms with E-state index in [0.717, 1.165) is 53.9 Å². The number of hydrogen-bond acceptors (Lipinski definition) is 5. The molecule has 1 aliphatic rings. The van der Waals surface area contributed by atoms with E-state index < -0.39 is 0 Å². The summed E-state index contributed by atoms with van der Waals surface area (Å²) in [6, 6.07) is 10.4. The van der Waals surface area contributed by atoms with Gasteiger partial charge in [-0.3, -0.25) is 9.69 Å². The van der Waals surface area contributed by atoms with Crippen molar-refractivity contribution in [1.82, 2.24) is 14.8 Å². The molecule has 1 amide bonds. The molecular weight excluding hydrogens is 393 g/mol. The fourth-order valence-corrected chi connectivity index (χ4v) is 4.56. The molecule has 0 unspecified atom stereocenters. The van der Waals surface area contributed by atoms with Crippen molar-refractivity contribution in [2.24, 2.45) is 0 Å². The Morgan fingerprint density at radius 1 is 1.11 bits per heavy atom. The van der Waals surface area contributed by atoms with Crippen molar-refractivity contribution in [3.8, 4) is 11.3 Å². The average Bonchev–Trinajstić information content (AvgIpc) is 3.39. The van der Waals surface area contributed by atoms with E-state index in [-0.39, 0.29) is 11.7 Å². The van der Waals surface area contributed by atoms with Gasteiger partial charge in [0, 0.05) is 48.1 Å². The van der Waals surface area contributed by atoms with Crippen LogP contribution in [0.4, 0.5) is 4.39 Å². The van der Waals surface area contributed by atoms with Crippen molar-refractivity contribution in [3.63, 3.8) is 0 Å². The molecule has 3 aromatic rings. The Hall–Kier alpha value is -2.35. The predicted molar refractivity (Wildman–Crippen MR) is 113 cm³/mol. The minimum atomic E-state index is -0.239. The molecule has 28 heavy (non-hydrogen) atoms. The molecular formula is C21H20FN3OS2. The smallest absolute Gasteiger partial charge is 0.246 e. The second kappa shape index (κ2) is 8.77. The van der Waals surface area contributed by atoms with Crippen molar-refractivity contribution < 1.29 is 9.18 Å². The average molecular weight is 414 g/mol. The molecule has 0 saturated carbocycles. The third-order valence-corrected chi connectivity index (χ3v) is 6.34. The first-order valence-corrected chi connectivity index (χ1v) is 10.9. The quantitative estimate of drug-likeness (QED) is 0.583. The number of halogens is 1. The van der Waals surface area contributed by atoms with Gasteiger partial charge in [-0.2, -0.15) is 0 Å². The normalized spacial score (nSPS) is 15.4. The van der Waals surface area contributed by atoms with Crippen molar-refractivity contribution >= 4 is 34.7 Å². The molecule has 1 aromatic carbocycles. The van der Waals surface area contributed by atoms with Gasteiger partial charge in [-0.15, -0.1) is 22.7 Å². The largest absolute Gasteiger partial charge is 0.337 e. The second-order valence-corrected chi connectivity index (χ2v) is 8.51. The highest BCUT2D eigenvalue weighted by Crippen LogP contribution is 2.23. The van der Waals surface area contributed by atoms with Gasteiger partial charge in [-0.05, 0) is 41.8 Å². The highest BCUT2D eigenvalue weighted by atomic mass is 32.1. The van der Waals surface area contributed by atoms with E-state index in [0.29, 0.717) is 0 Å². The minimum absolute atomic E-state index is 0.0703. The van der Waals surface area contributed by atoms with Crippen molar-refractivity contribution in [1.29, 1.82) is 0 Å². The molecule has 2 aromatic heterocycles. The Balaban J connectivity index is 1.29. The van der Waals surface area contributed by atoms with Gasteiger partial charge < -0.3 is 4.90 Å². The fraction of sp³-hybridized carbons (Fsp3) is 0.238. The van der Waals surface area contributed by atoms with E-state index in [1.165, 1.54) is 12.1 Å². The summed E-state index contributed by atoms with van der Waals surface area (Å²) in [7, 11) is 0. The van der Waals surface area contributed by atoms with Gasteiger partial charge in [-0.25, -0.2) is 9.37 Å². The number of carbonyl (C=O) groups is 1. The maximum absolute atomic E-state index is 13.1. The van der Waals surface area contributed by atoms with Crippen LogP contribution in [0.5, 0.6) is 0 Å². The van der Waals surface area contributed by atoms with E-state index in [2.05, 4.69) is 9.88 Å². The molecule has 0 bridgehead atoms. The van der Waals surface area contributed by atoms with Gasteiger partial charge in [-0.1, -0.05) is 6.07 Å². The number of hydrogen-bond donors (Lipinski definition) is 0.